The van der Waals surface area contributed by atoms with E-state index in [1.54, 1.807) is 6.92 Å². The Kier molecular flexibility index (Phi) is 4.69. The first-order chi connectivity index (χ1) is 12.3. The Morgan fingerprint density at radius 2 is 1.69 bits per heavy atom. The minimum atomic E-state index is -0.160. The van der Waals surface area contributed by atoms with E-state index in [9.17, 15) is 9.90 Å². The van der Waals surface area contributed by atoms with Crippen molar-refractivity contribution in [2.24, 2.45) is 40.4 Å². The molecule has 4 aliphatic carbocycles. The van der Waals surface area contributed by atoms with Crippen LogP contribution >= 0.6 is 0 Å². The van der Waals surface area contributed by atoms with Crippen molar-refractivity contribution in [3.63, 3.8) is 0 Å². The van der Waals surface area contributed by atoms with Gasteiger partial charge in [0.15, 0.2) is 0 Å². The van der Waals surface area contributed by atoms with E-state index >= 15 is 0 Å². The maximum atomic E-state index is 11.4. The van der Waals surface area contributed by atoms with Gasteiger partial charge < -0.3 is 9.84 Å². The van der Waals surface area contributed by atoms with Crippen molar-refractivity contribution in [1.82, 2.24) is 0 Å². The number of hydrogen-bond acceptors (Lipinski definition) is 3. The highest BCUT2D eigenvalue weighted by Crippen LogP contribution is 2.67. The van der Waals surface area contributed by atoms with Crippen molar-refractivity contribution in [2.45, 2.75) is 97.7 Å². The van der Waals surface area contributed by atoms with Crippen LogP contribution in [-0.4, -0.2) is 23.3 Å². The Hall–Kier alpha value is -0.570. The summed E-state index contributed by atoms with van der Waals surface area (Å²) in [6.45, 7) is 8.61. The molecule has 0 heterocycles. The minimum Gasteiger partial charge on any atom is -0.463 e. The number of hydrogen-bond donors (Lipinski definition) is 1. The van der Waals surface area contributed by atoms with Crippen LogP contribution in [0.25, 0.3) is 0 Å². The Bertz CT molecular complexity index is 558. The van der Waals surface area contributed by atoms with Crippen LogP contribution in [0.5, 0.6) is 0 Å². The molecule has 0 unspecified atom stereocenters. The zero-order chi connectivity index (χ0) is 18.7. The molecule has 4 rings (SSSR count). The van der Waals surface area contributed by atoms with Crippen LogP contribution in [0.15, 0.2) is 0 Å². The van der Waals surface area contributed by atoms with Gasteiger partial charge in [0, 0.05) is 6.92 Å². The average molecular weight is 363 g/mol. The Morgan fingerprint density at radius 3 is 2.38 bits per heavy atom. The predicted octanol–water partition coefficient (Wildman–Crippen LogP) is 4.96. The largest absolute Gasteiger partial charge is 0.463 e. The van der Waals surface area contributed by atoms with E-state index in [-0.39, 0.29) is 18.2 Å². The van der Waals surface area contributed by atoms with Crippen molar-refractivity contribution >= 4 is 5.97 Å². The van der Waals surface area contributed by atoms with Crippen LogP contribution < -0.4 is 0 Å². The lowest BCUT2D eigenvalue weighted by molar-refractivity contribution is -0.161. The van der Waals surface area contributed by atoms with E-state index in [1.165, 1.54) is 44.9 Å². The summed E-state index contributed by atoms with van der Waals surface area (Å²) in [6, 6.07) is 0. The summed E-state index contributed by atoms with van der Waals surface area (Å²) in [4.78, 5) is 11.4. The van der Waals surface area contributed by atoms with Crippen molar-refractivity contribution in [3.8, 4) is 0 Å². The summed E-state index contributed by atoms with van der Waals surface area (Å²) in [5.74, 6) is 3.61. The van der Waals surface area contributed by atoms with Crippen molar-refractivity contribution in [1.29, 1.82) is 0 Å². The number of carbonyl (C=O) groups is 1. The fourth-order valence-electron chi connectivity index (χ4n) is 8.39. The van der Waals surface area contributed by atoms with Gasteiger partial charge in [-0.1, -0.05) is 13.8 Å². The van der Waals surface area contributed by atoms with Gasteiger partial charge in [-0.3, -0.25) is 4.79 Å². The normalized spacial score (nSPS) is 51.7. The van der Waals surface area contributed by atoms with Gasteiger partial charge in [0.2, 0.25) is 0 Å². The van der Waals surface area contributed by atoms with Crippen LogP contribution in [0.1, 0.15) is 85.5 Å². The van der Waals surface area contributed by atoms with E-state index in [4.69, 9.17) is 4.74 Å². The van der Waals surface area contributed by atoms with Gasteiger partial charge in [0.05, 0.1) is 6.10 Å². The highest BCUT2D eigenvalue weighted by molar-refractivity contribution is 5.66. The Morgan fingerprint density at radius 1 is 1.00 bits per heavy atom. The van der Waals surface area contributed by atoms with Crippen molar-refractivity contribution in [2.75, 3.05) is 0 Å². The molecule has 0 aromatic rings. The summed E-state index contributed by atoms with van der Waals surface area (Å²) < 4.78 is 5.58. The smallest absolute Gasteiger partial charge is 0.302 e. The number of aliphatic hydroxyl groups excluding tert-OH is 1. The summed E-state index contributed by atoms with van der Waals surface area (Å²) in [6.07, 6.45) is 11.2. The van der Waals surface area contributed by atoms with Gasteiger partial charge in [0.25, 0.3) is 0 Å². The summed E-state index contributed by atoms with van der Waals surface area (Å²) in [7, 11) is 0. The van der Waals surface area contributed by atoms with E-state index in [0.717, 1.165) is 36.5 Å². The van der Waals surface area contributed by atoms with Crippen LogP contribution in [0, 0.1) is 40.4 Å². The molecule has 3 heteroatoms. The topological polar surface area (TPSA) is 46.5 Å². The molecular weight excluding hydrogens is 324 g/mol. The second-order valence-electron chi connectivity index (χ2n) is 10.6. The molecular formula is C23H38O3. The lowest BCUT2D eigenvalue weighted by Crippen LogP contribution is -2.54. The van der Waals surface area contributed by atoms with Crippen LogP contribution in [-0.2, 0) is 9.53 Å². The zero-order valence-corrected chi connectivity index (χ0v) is 17.2. The number of aliphatic hydroxyl groups is 1. The molecule has 4 saturated carbocycles. The summed E-state index contributed by atoms with van der Waals surface area (Å²) in [5, 5.41) is 10.4. The second kappa shape index (κ2) is 6.50. The maximum absolute atomic E-state index is 11.4. The molecule has 0 aromatic carbocycles. The lowest BCUT2D eigenvalue weighted by atomic mass is 9.44. The monoisotopic (exact) mass is 362 g/mol. The van der Waals surface area contributed by atoms with Gasteiger partial charge >= 0.3 is 5.97 Å². The standard InChI is InChI=1S/C23H38O3/c1-14(24)19-7-8-20-18-6-5-16-13-17(26-15(2)25)9-11-22(16,3)21(18)10-12-23(19,20)4/h14,16-21,24H,5-13H2,1-4H3/t14-,16+,17+,18+,19-,20+,21+,22+,23-/m1/s1. The first kappa shape index (κ1) is 18.8. The molecule has 0 saturated heterocycles. The molecule has 26 heavy (non-hydrogen) atoms. The third-order valence-electron chi connectivity index (χ3n) is 9.61. The molecule has 4 fully saturated rings. The van der Waals surface area contributed by atoms with E-state index < -0.39 is 0 Å². The third kappa shape index (κ3) is 2.75. The van der Waals surface area contributed by atoms with Gasteiger partial charge in [-0.15, -0.1) is 0 Å². The second-order valence-corrected chi connectivity index (χ2v) is 10.6. The number of esters is 1. The molecule has 3 nitrogen and oxygen atoms in total. The van der Waals surface area contributed by atoms with Gasteiger partial charge in [-0.2, -0.15) is 0 Å². The van der Waals surface area contributed by atoms with Gasteiger partial charge in [0.1, 0.15) is 6.10 Å². The third-order valence-corrected chi connectivity index (χ3v) is 9.61. The molecule has 4 aliphatic rings. The summed E-state index contributed by atoms with van der Waals surface area (Å²) >= 11 is 0. The maximum Gasteiger partial charge on any atom is 0.302 e. The fraction of sp³-hybridized carbons (Fsp3) is 0.957. The number of carbonyl (C=O) groups excluding carboxylic acids is 1. The number of rotatable bonds is 2. The molecule has 1 N–H and O–H groups in total. The average Bonchev–Trinajstić information content (AvgIpc) is 2.92. The first-order valence-electron chi connectivity index (χ1n) is 11.1. The molecule has 0 bridgehead atoms. The van der Waals surface area contributed by atoms with E-state index in [1.807, 2.05) is 6.92 Å². The van der Waals surface area contributed by atoms with Crippen LogP contribution in [0.3, 0.4) is 0 Å². The molecule has 0 spiro atoms. The lowest BCUT2D eigenvalue weighted by Gasteiger charge is -2.61. The molecule has 148 valence electrons. The fourth-order valence-corrected chi connectivity index (χ4v) is 8.39. The molecule has 0 aliphatic heterocycles. The van der Waals surface area contributed by atoms with Crippen LogP contribution in [0.4, 0.5) is 0 Å². The predicted molar refractivity (Wildman–Crippen MR) is 102 cm³/mol. The molecule has 0 amide bonds. The minimum absolute atomic E-state index is 0.115. The quantitative estimate of drug-likeness (QED) is 0.706. The van der Waals surface area contributed by atoms with Gasteiger partial charge in [-0.25, -0.2) is 0 Å². The highest BCUT2D eigenvalue weighted by atomic mass is 16.5. The number of fused-ring (bicyclic) bond motifs is 5. The first-order valence-corrected chi connectivity index (χ1v) is 11.1. The van der Waals surface area contributed by atoms with E-state index in [0.29, 0.717) is 16.7 Å². The SMILES string of the molecule is CC(=O)O[C@H]1CC[C@@]2(C)[C@@H](CC[C@@H]3[C@@H]2CC[C@]2(C)[C@@H]([C@@H](C)O)CC[C@@H]32)C1. The molecule has 0 aromatic heterocycles. The van der Waals surface area contributed by atoms with E-state index in [2.05, 4.69) is 13.8 Å². The Labute approximate surface area is 159 Å². The van der Waals surface area contributed by atoms with Crippen molar-refractivity contribution < 1.29 is 14.6 Å². The zero-order valence-electron chi connectivity index (χ0n) is 17.2. The van der Waals surface area contributed by atoms with Gasteiger partial charge in [-0.05, 0) is 105 Å². The Balaban J connectivity index is 1.53. The van der Waals surface area contributed by atoms with Crippen LogP contribution in [0.2, 0.25) is 0 Å². The molecule has 0 radical (unpaired) electrons. The highest BCUT2D eigenvalue weighted by Gasteiger charge is 2.60. The molecule has 9 atom stereocenters. The van der Waals surface area contributed by atoms with Crippen molar-refractivity contribution in [3.05, 3.63) is 0 Å². The summed E-state index contributed by atoms with van der Waals surface area (Å²) in [5.41, 5.74) is 0.789. The number of ether oxygens (including phenoxy) is 1.